The van der Waals surface area contributed by atoms with Crippen LogP contribution in [-0.4, -0.2) is 36.2 Å². The summed E-state index contributed by atoms with van der Waals surface area (Å²) in [5.74, 6) is -0.856. The number of esters is 2. The molecule has 0 atom stereocenters. The van der Waals surface area contributed by atoms with Gasteiger partial charge in [0.2, 0.25) is 11.8 Å². The summed E-state index contributed by atoms with van der Waals surface area (Å²) in [6, 6.07) is 22.2. The molecule has 0 fully saturated rings. The lowest BCUT2D eigenvalue weighted by atomic mass is 10.0. The Labute approximate surface area is 242 Å². The smallest absolute Gasteiger partial charge is 0.308 e. The zero-order valence-electron chi connectivity index (χ0n) is 23.3. The second kappa shape index (κ2) is 14.3. The topological polar surface area (TPSA) is 136 Å². The lowest BCUT2D eigenvalue weighted by Gasteiger charge is -2.09. The van der Waals surface area contributed by atoms with E-state index in [9.17, 15) is 19.2 Å². The van der Waals surface area contributed by atoms with Crippen molar-refractivity contribution in [3.05, 3.63) is 83.9 Å². The Morgan fingerprint density at radius 2 is 1.02 bits per heavy atom. The Hall–Kier alpha value is -5.38. The highest BCUT2D eigenvalue weighted by Crippen LogP contribution is 2.28. The monoisotopic (exact) mass is 566 g/mol. The number of hydrogen-bond acceptors (Lipinski definition) is 8. The van der Waals surface area contributed by atoms with E-state index in [1.54, 1.807) is 12.1 Å². The van der Waals surface area contributed by atoms with Gasteiger partial charge in [0.1, 0.15) is 11.5 Å². The molecule has 214 valence electrons. The molecule has 0 aliphatic heterocycles. The largest absolute Gasteiger partial charge is 0.426 e. The number of ether oxygens (including phenoxy) is 2. The van der Waals surface area contributed by atoms with Gasteiger partial charge in [-0.05, 0) is 46.5 Å². The first-order chi connectivity index (χ1) is 20.3. The number of hydrazone groups is 2. The summed E-state index contributed by atoms with van der Waals surface area (Å²) in [6.45, 7) is 2.63. The summed E-state index contributed by atoms with van der Waals surface area (Å²) in [6.07, 6.45) is 4.17. The highest BCUT2D eigenvalue weighted by atomic mass is 16.5. The molecule has 2 N–H and O–H groups in total. The molecular formula is C32H30N4O6. The number of amides is 2. The summed E-state index contributed by atoms with van der Waals surface area (Å²) in [5, 5.41) is 11.6. The van der Waals surface area contributed by atoms with Gasteiger partial charge in [0.05, 0.1) is 12.4 Å². The Morgan fingerprint density at radius 3 is 1.43 bits per heavy atom. The van der Waals surface area contributed by atoms with E-state index in [0.29, 0.717) is 35.5 Å². The van der Waals surface area contributed by atoms with Gasteiger partial charge in [0.25, 0.3) is 0 Å². The highest BCUT2D eigenvalue weighted by molar-refractivity contribution is 6.04. The van der Waals surface area contributed by atoms with Crippen molar-refractivity contribution in [3.63, 3.8) is 0 Å². The van der Waals surface area contributed by atoms with Crippen molar-refractivity contribution in [2.75, 3.05) is 0 Å². The van der Waals surface area contributed by atoms with Crippen molar-refractivity contribution in [1.82, 2.24) is 10.9 Å². The van der Waals surface area contributed by atoms with Gasteiger partial charge in [-0.2, -0.15) is 10.2 Å². The van der Waals surface area contributed by atoms with Crippen LogP contribution in [-0.2, 0) is 19.2 Å². The average Bonchev–Trinajstić information content (AvgIpc) is 2.96. The minimum atomic E-state index is -0.459. The number of hydrogen-bond donors (Lipinski definition) is 2. The number of carbonyl (C=O) groups excluding carboxylic acids is 4. The van der Waals surface area contributed by atoms with Gasteiger partial charge in [-0.25, -0.2) is 10.9 Å². The summed E-state index contributed by atoms with van der Waals surface area (Å²) in [4.78, 5) is 47.6. The van der Waals surface area contributed by atoms with E-state index >= 15 is 0 Å². The van der Waals surface area contributed by atoms with E-state index in [1.165, 1.54) is 26.3 Å². The molecule has 2 amide bonds. The first-order valence-corrected chi connectivity index (χ1v) is 13.4. The predicted octanol–water partition coefficient (Wildman–Crippen LogP) is 5.00. The molecule has 0 spiro atoms. The van der Waals surface area contributed by atoms with Crippen molar-refractivity contribution < 1.29 is 28.7 Å². The van der Waals surface area contributed by atoms with Crippen LogP contribution in [0.3, 0.4) is 0 Å². The van der Waals surface area contributed by atoms with Crippen LogP contribution in [0, 0.1) is 0 Å². The standard InChI is InChI=1S/C32H30N4O6/c1-21(37)41-29-17-15-23-9-3-5-11-25(23)27(29)19-33-35-31(39)13-7-8-14-32(40)36-34-20-28-26-12-6-4-10-24(26)16-18-30(28)42-22(2)38/h3-6,9-12,15-20H,7-8,13-14H2,1-2H3,(H,35,39)(H,36,40)/b33-19+,34-20+. The Bertz CT molecular complexity index is 1570. The first kappa shape index (κ1) is 29.6. The minimum absolute atomic E-state index is 0.169. The summed E-state index contributed by atoms with van der Waals surface area (Å²) < 4.78 is 10.6. The average molecular weight is 567 g/mol. The van der Waals surface area contributed by atoms with Crippen LogP contribution in [0.25, 0.3) is 21.5 Å². The van der Waals surface area contributed by atoms with E-state index in [4.69, 9.17) is 9.47 Å². The molecular weight excluding hydrogens is 536 g/mol. The molecule has 0 aromatic heterocycles. The van der Waals surface area contributed by atoms with Gasteiger partial charge in [-0.3, -0.25) is 19.2 Å². The third-order valence-electron chi connectivity index (χ3n) is 6.19. The molecule has 0 bridgehead atoms. The van der Waals surface area contributed by atoms with Gasteiger partial charge in [-0.1, -0.05) is 60.7 Å². The fourth-order valence-electron chi connectivity index (χ4n) is 4.33. The number of fused-ring (bicyclic) bond motifs is 2. The zero-order chi connectivity index (χ0) is 29.9. The SMILES string of the molecule is CC(=O)Oc1ccc2ccccc2c1/C=N/NC(=O)CCCCC(=O)N/N=C/c1c(OC(C)=O)ccc2ccccc12. The van der Waals surface area contributed by atoms with Crippen molar-refractivity contribution in [2.45, 2.75) is 39.5 Å². The van der Waals surface area contributed by atoms with Gasteiger partial charge in [0.15, 0.2) is 0 Å². The van der Waals surface area contributed by atoms with Crippen LogP contribution in [0.2, 0.25) is 0 Å². The van der Waals surface area contributed by atoms with E-state index in [1.807, 2.05) is 60.7 Å². The fraction of sp³-hybridized carbons (Fsp3) is 0.188. The molecule has 10 nitrogen and oxygen atoms in total. The molecule has 4 aromatic rings. The maximum Gasteiger partial charge on any atom is 0.308 e. The van der Waals surface area contributed by atoms with E-state index < -0.39 is 11.9 Å². The summed E-state index contributed by atoms with van der Waals surface area (Å²) in [7, 11) is 0. The molecule has 4 aromatic carbocycles. The molecule has 0 saturated heterocycles. The Morgan fingerprint density at radius 1 is 0.619 bits per heavy atom. The Balaban J connectivity index is 1.26. The highest BCUT2D eigenvalue weighted by Gasteiger charge is 2.11. The normalized spacial score (nSPS) is 11.2. The number of unbranched alkanes of at least 4 members (excludes halogenated alkanes) is 1. The molecule has 0 aliphatic carbocycles. The van der Waals surface area contributed by atoms with Gasteiger partial charge in [-0.15, -0.1) is 0 Å². The molecule has 4 rings (SSSR count). The molecule has 0 radical (unpaired) electrons. The lowest BCUT2D eigenvalue weighted by Crippen LogP contribution is -2.19. The third-order valence-corrected chi connectivity index (χ3v) is 6.19. The van der Waals surface area contributed by atoms with Crippen LogP contribution < -0.4 is 20.3 Å². The maximum absolute atomic E-state index is 12.3. The first-order valence-electron chi connectivity index (χ1n) is 13.4. The molecule has 0 unspecified atom stereocenters. The van der Waals surface area contributed by atoms with Gasteiger partial charge < -0.3 is 9.47 Å². The van der Waals surface area contributed by atoms with E-state index in [0.717, 1.165) is 21.5 Å². The second-order valence-electron chi connectivity index (χ2n) is 9.38. The number of nitrogens with zero attached hydrogens (tertiary/aromatic N) is 2. The van der Waals surface area contributed by atoms with Crippen LogP contribution in [0.1, 0.15) is 50.7 Å². The van der Waals surface area contributed by atoms with Crippen LogP contribution >= 0.6 is 0 Å². The molecule has 0 aliphatic rings. The molecule has 42 heavy (non-hydrogen) atoms. The summed E-state index contributed by atoms with van der Waals surface area (Å²) >= 11 is 0. The Kier molecular flexibility index (Phi) is 10.1. The third kappa shape index (κ3) is 8.07. The van der Waals surface area contributed by atoms with Gasteiger partial charge in [0, 0.05) is 37.8 Å². The van der Waals surface area contributed by atoms with Crippen LogP contribution in [0.5, 0.6) is 11.5 Å². The maximum atomic E-state index is 12.3. The van der Waals surface area contributed by atoms with Crippen molar-refractivity contribution in [3.8, 4) is 11.5 Å². The van der Waals surface area contributed by atoms with Gasteiger partial charge >= 0.3 is 11.9 Å². The van der Waals surface area contributed by atoms with Crippen LogP contribution in [0.4, 0.5) is 0 Å². The predicted molar refractivity (Wildman–Crippen MR) is 160 cm³/mol. The number of benzene rings is 4. The molecule has 0 saturated carbocycles. The zero-order valence-corrected chi connectivity index (χ0v) is 23.3. The van der Waals surface area contributed by atoms with Crippen molar-refractivity contribution in [1.29, 1.82) is 0 Å². The number of rotatable bonds is 11. The fourth-order valence-corrected chi connectivity index (χ4v) is 4.33. The van der Waals surface area contributed by atoms with Crippen molar-refractivity contribution >= 4 is 57.7 Å². The number of carbonyl (C=O) groups is 4. The number of nitrogens with one attached hydrogen (secondary N) is 2. The van der Waals surface area contributed by atoms with E-state index in [-0.39, 0.29) is 24.7 Å². The van der Waals surface area contributed by atoms with Crippen LogP contribution in [0.15, 0.2) is 83.0 Å². The van der Waals surface area contributed by atoms with E-state index in [2.05, 4.69) is 21.1 Å². The quantitative estimate of drug-likeness (QED) is 0.0862. The molecule has 10 heteroatoms. The molecule has 0 heterocycles. The summed E-state index contributed by atoms with van der Waals surface area (Å²) in [5.41, 5.74) is 6.11. The minimum Gasteiger partial charge on any atom is -0.426 e. The second-order valence-corrected chi connectivity index (χ2v) is 9.38. The lowest BCUT2D eigenvalue weighted by molar-refractivity contribution is -0.132. The van der Waals surface area contributed by atoms with Crippen molar-refractivity contribution in [2.24, 2.45) is 10.2 Å².